The summed E-state index contributed by atoms with van der Waals surface area (Å²) in [5.41, 5.74) is 1.49. The summed E-state index contributed by atoms with van der Waals surface area (Å²) < 4.78 is 1.01. The van der Waals surface area contributed by atoms with Gasteiger partial charge in [-0.05, 0) is 52.6 Å². The molecule has 6 heteroatoms. The van der Waals surface area contributed by atoms with Gasteiger partial charge in [0, 0.05) is 27.5 Å². The second-order valence-corrected chi connectivity index (χ2v) is 6.34. The number of carbonyl (C=O) groups is 2. The summed E-state index contributed by atoms with van der Waals surface area (Å²) in [6.45, 7) is 0.494. The largest absolute Gasteiger partial charge is 0.352 e. The highest BCUT2D eigenvalue weighted by Gasteiger charge is 2.07. The SMILES string of the molecule is O=C(CCCNC(=O)c1ccsc1)Nc1ccccc1I. The van der Waals surface area contributed by atoms with Crippen molar-refractivity contribution in [1.82, 2.24) is 5.32 Å². The summed E-state index contributed by atoms with van der Waals surface area (Å²) in [7, 11) is 0. The molecule has 1 heterocycles. The summed E-state index contributed by atoms with van der Waals surface area (Å²) in [6.07, 6.45) is 1.00. The van der Waals surface area contributed by atoms with Crippen LogP contribution in [0.4, 0.5) is 5.69 Å². The van der Waals surface area contributed by atoms with Crippen LogP contribution in [-0.4, -0.2) is 18.4 Å². The lowest BCUT2D eigenvalue weighted by atomic mass is 10.2. The Bertz CT molecular complexity index is 614. The fraction of sp³-hybridized carbons (Fsp3) is 0.200. The van der Waals surface area contributed by atoms with Crippen molar-refractivity contribution in [2.24, 2.45) is 0 Å². The zero-order valence-corrected chi connectivity index (χ0v) is 14.2. The van der Waals surface area contributed by atoms with Gasteiger partial charge < -0.3 is 10.6 Å². The average Bonchev–Trinajstić information content (AvgIpc) is 3.00. The predicted molar refractivity (Wildman–Crippen MR) is 93.7 cm³/mol. The van der Waals surface area contributed by atoms with Crippen LogP contribution < -0.4 is 10.6 Å². The second-order valence-electron chi connectivity index (χ2n) is 4.40. The van der Waals surface area contributed by atoms with E-state index in [2.05, 4.69) is 33.2 Å². The summed E-state index contributed by atoms with van der Waals surface area (Å²) >= 11 is 3.67. The number of rotatable bonds is 6. The van der Waals surface area contributed by atoms with Gasteiger partial charge in [-0.25, -0.2) is 0 Å². The third-order valence-corrected chi connectivity index (χ3v) is 4.42. The molecule has 0 saturated heterocycles. The molecule has 2 rings (SSSR count). The minimum Gasteiger partial charge on any atom is -0.352 e. The first-order valence-electron chi connectivity index (χ1n) is 6.51. The van der Waals surface area contributed by atoms with Gasteiger partial charge in [-0.3, -0.25) is 9.59 Å². The number of nitrogens with one attached hydrogen (secondary N) is 2. The summed E-state index contributed by atoms with van der Waals surface area (Å²) in [6, 6.07) is 9.41. The molecule has 21 heavy (non-hydrogen) atoms. The highest BCUT2D eigenvalue weighted by atomic mass is 127. The maximum Gasteiger partial charge on any atom is 0.252 e. The zero-order valence-electron chi connectivity index (χ0n) is 11.3. The molecule has 1 aromatic carbocycles. The third-order valence-electron chi connectivity index (χ3n) is 2.80. The Morgan fingerprint density at radius 1 is 1.19 bits per heavy atom. The fourth-order valence-corrected chi connectivity index (χ4v) is 2.88. The highest BCUT2D eigenvalue weighted by Crippen LogP contribution is 2.17. The quantitative estimate of drug-likeness (QED) is 0.562. The van der Waals surface area contributed by atoms with Crippen LogP contribution in [0.15, 0.2) is 41.1 Å². The molecule has 2 N–H and O–H groups in total. The van der Waals surface area contributed by atoms with E-state index >= 15 is 0 Å². The lowest BCUT2D eigenvalue weighted by Gasteiger charge is -2.07. The fourth-order valence-electron chi connectivity index (χ4n) is 1.72. The zero-order chi connectivity index (χ0) is 15.1. The monoisotopic (exact) mass is 414 g/mol. The first-order chi connectivity index (χ1) is 10.2. The van der Waals surface area contributed by atoms with E-state index in [0.717, 1.165) is 9.26 Å². The van der Waals surface area contributed by atoms with Crippen LogP contribution in [0.2, 0.25) is 0 Å². The van der Waals surface area contributed by atoms with E-state index in [4.69, 9.17) is 0 Å². The summed E-state index contributed by atoms with van der Waals surface area (Å²) in [5.74, 6) is -0.127. The molecule has 0 unspecified atom stereocenters. The van der Waals surface area contributed by atoms with Crippen LogP contribution in [-0.2, 0) is 4.79 Å². The number of carbonyl (C=O) groups excluding carboxylic acids is 2. The Balaban J connectivity index is 1.68. The van der Waals surface area contributed by atoms with Gasteiger partial charge in [-0.2, -0.15) is 11.3 Å². The van der Waals surface area contributed by atoms with E-state index in [-0.39, 0.29) is 11.8 Å². The summed E-state index contributed by atoms with van der Waals surface area (Å²) in [4.78, 5) is 23.5. The summed E-state index contributed by atoms with van der Waals surface area (Å²) in [5, 5.41) is 9.34. The molecule has 0 bridgehead atoms. The highest BCUT2D eigenvalue weighted by molar-refractivity contribution is 14.1. The number of benzene rings is 1. The predicted octanol–water partition coefficient (Wildman–Crippen LogP) is 3.50. The van der Waals surface area contributed by atoms with Crippen molar-refractivity contribution in [3.05, 3.63) is 50.2 Å². The van der Waals surface area contributed by atoms with E-state index in [1.165, 1.54) is 11.3 Å². The van der Waals surface area contributed by atoms with Gasteiger partial charge in [-0.1, -0.05) is 12.1 Å². The van der Waals surface area contributed by atoms with E-state index in [9.17, 15) is 9.59 Å². The van der Waals surface area contributed by atoms with Crippen LogP contribution in [0.1, 0.15) is 23.2 Å². The molecule has 0 radical (unpaired) electrons. The van der Waals surface area contributed by atoms with E-state index in [0.29, 0.717) is 24.9 Å². The molecule has 0 aliphatic rings. The van der Waals surface area contributed by atoms with Crippen LogP contribution >= 0.6 is 33.9 Å². The van der Waals surface area contributed by atoms with E-state index in [1.54, 1.807) is 11.4 Å². The standard InChI is InChI=1S/C15H15IN2O2S/c16-12-4-1-2-5-13(12)18-14(19)6-3-8-17-15(20)11-7-9-21-10-11/h1-2,4-5,7,9-10H,3,6,8H2,(H,17,20)(H,18,19). The molecule has 2 amide bonds. The van der Waals surface area contributed by atoms with Crippen molar-refractivity contribution in [2.45, 2.75) is 12.8 Å². The van der Waals surface area contributed by atoms with Gasteiger partial charge in [0.05, 0.1) is 5.69 Å². The van der Waals surface area contributed by atoms with E-state index in [1.807, 2.05) is 29.6 Å². The minimum absolute atomic E-state index is 0.0381. The lowest BCUT2D eigenvalue weighted by Crippen LogP contribution is -2.25. The molecule has 0 aliphatic heterocycles. The second kappa shape index (κ2) is 8.14. The Labute approximate surface area is 141 Å². The number of halogens is 1. The molecule has 1 aromatic heterocycles. The first-order valence-corrected chi connectivity index (χ1v) is 8.54. The molecule has 4 nitrogen and oxygen atoms in total. The van der Waals surface area contributed by atoms with Crippen molar-refractivity contribution >= 4 is 51.4 Å². The molecule has 110 valence electrons. The number of para-hydroxylation sites is 1. The lowest BCUT2D eigenvalue weighted by molar-refractivity contribution is -0.116. The van der Waals surface area contributed by atoms with Crippen molar-refractivity contribution < 1.29 is 9.59 Å². The molecule has 0 fully saturated rings. The molecular formula is C15H15IN2O2S. The Kier molecular flexibility index (Phi) is 6.19. The Morgan fingerprint density at radius 3 is 2.71 bits per heavy atom. The average molecular weight is 414 g/mol. The van der Waals surface area contributed by atoms with Gasteiger partial charge in [-0.15, -0.1) is 0 Å². The van der Waals surface area contributed by atoms with Gasteiger partial charge in [0.25, 0.3) is 5.91 Å². The number of anilines is 1. The van der Waals surface area contributed by atoms with Crippen LogP contribution in [0.5, 0.6) is 0 Å². The van der Waals surface area contributed by atoms with Gasteiger partial charge in [0.15, 0.2) is 0 Å². The molecule has 0 saturated carbocycles. The van der Waals surface area contributed by atoms with Crippen molar-refractivity contribution in [2.75, 3.05) is 11.9 Å². The van der Waals surface area contributed by atoms with Gasteiger partial charge >= 0.3 is 0 Å². The Hall–Kier alpha value is -1.41. The maximum absolute atomic E-state index is 11.8. The van der Waals surface area contributed by atoms with Gasteiger partial charge in [0.1, 0.15) is 0 Å². The Morgan fingerprint density at radius 2 is 2.00 bits per heavy atom. The third kappa shape index (κ3) is 5.13. The van der Waals surface area contributed by atoms with Crippen molar-refractivity contribution in [3.8, 4) is 0 Å². The topological polar surface area (TPSA) is 58.2 Å². The molecular weight excluding hydrogens is 399 g/mol. The van der Waals surface area contributed by atoms with Crippen molar-refractivity contribution in [1.29, 1.82) is 0 Å². The molecule has 0 aliphatic carbocycles. The number of thiophene rings is 1. The normalized spacial score (nSPS) is 10.1. The van der Waals surface area contributed by atoms with Crippen LogP contribution in [0.3, 0.4) is 0 Å². The molecule has 0 spiro atoms. The van der Waals surface area contributed by atoms with Crippen LogP contribution in [0, 0.1) is 3.57 Å². The molecule has 0 atom stereocenters. The maximum atomic E-state index is 11.8. The number of hydrogen-bond donors (Lipinski definition) is 2. The first kappa shape index (κ1) is 16.0. The van der Waals surface area contributed by atoms with Gasteiger partial charge in [0.2, 0.25) is 5.91 Å². The van der Waals surface area contributed by atoms with Crippen LogP contribution in [0.25, 0.3) is 0 Å². The number of hydrogen-bond acceptors (Lipinski definition) is 3. The molecule has 2 aromatic rings. The van der Waals surface area contributed by atoms with Crippen molar-refractivity contribution in [3.63, 3.8) is 0 Å². The number of amides is 2. The van der Waals surface area contributed by atoms with E-state index < -0.39 is 0 Å². The smallest absolute Gasteiger partial charge is 0.252 e. The minimum atomic E-state index is -0.0886.